The third kappa shape index (κ3) is 6.17. The van der Waals surface area contributed by atoms with Gasteiger partial charge in [0.25, 0.3) is 0 Å². The van der Waals surface area contributed by atoms with Crippen LogP contribution < -0.4 is 5.73 Å². The molecule has 2 N–H and O–H groups in total. The summed E-state index contributed by atoms with van der Waals surface area (Å²) in [6.45, 7) is 1.43. The molecule has 1 heterocycles. The van der Waals surface area contributed by atoms with Gasteiger partial charge < -0.3 is 24.5 Å². The second-order valence-electron chi connectivity index (χ2n) is 8.82. The second kappa shape index (κ2) is 13.0. The lowest BCUT2D eigenvalue weighted by atomic mass is 9.77. The lowest BCUT2D eigenvalue weighted by Crippen LogP contribution is -2.37. The van der Waals surface area contributed by atoms with Crippen LogP contribution in [0.1, 0.15) is 22.3 Å². The first-order valence-corrected chi connectivity index (χ1v) is 12.5. The van der Waals surface area contributed by atoms with Gasteiger partial charge in [-0.1, -0.05) is 91.0 Å². The minimum Gasteiger partial charge on any atom is -0.462 e. The SMILES string of the molecule is COCCOCCOC(=O)C(N)Cc1ccn(C(c2ccccc2)(c2ccccc2)c2ccccc2)c1. The molecule has 0 bridgehead atoms. The molecule has 0 amide bonds. The standard InChI is InChI=1S/C31H34N2O4/c1-35-19-20-36-21-22-37-30(34)29(32)23-25-17-18-33(24-25)31(26-11-5-2-6-12-26,27-13-7-3-8-14-27)28-15-9-4-10-16-28/h2-18,24,29H,19-23,32H2,1H3. The zero-order chi connectivity index (χ0) is 25.9. The summed E-state index contributed by atoms with van der Waals surface area (Å²) in [5.74, 6) is -0.441. The van der Waals surface area contributed by atoms with E-state index in [1.807, 2.05) is 24.3 Å². The summed E-state index contributed by atoms with van der Waals surface area (Å²) in [6, 6.07) is 32.6. The Labute approximate surface area is 218 Å². The number of rotatable bonds is 13. The first-order valence-electron chi connectivity index (χ1n) is 12.5. The lowest BCUT2D eigenvalue weighted by molar-refractivity contribution is -0.146. The highest BCUT2D eigenvalue weighted by Crippen LogP contribution is 2.41. The van der Waals surface area contributed by atoms with E-state index in [1.165, 1.54) is 0 Å². The van der Waals surface area contributed by atoms with E-state index in [0.29, 0.717) is 26.2 Å². The van der Waals surface area contributed by atoms with E-state index in [1.54, 1.807) is 7.11 Å². The number of hydrogen-bond acceptors (Lipinski definition) is 5. The van der Waals surface area contributed by atoms with Crippen molar-refractivity contribution < 1.29 is 19.0 Å². The molecular weight excluding hydrogens is 464 g/mol. The maximum Gasteiger partial charge on any atom is 0.323 e. The number of benzene rings is 3. The van der Waals surface area contributed by atoms with Crippen LogP contribution in [-0.2, 0) is 31.0 Å². The highest BCUT2D eigenvalue weighted by molar-refractivity contribution is 5.75. The molecule has 0 aliphatic heterocycles. The molecule has 6 heteroatoms. The van der Waals surface area contributed by atoms with E-state index >= 15 is 0 Å². The summed E-state index contributed by atoms with van der Waals surface area (Å²) in [7, 11) is 1.61. The third-order valence-corrected chi connectivity index (χ3v) is 6.38. The number of nitrogens with two attached hydrogens (primary N) is 1. The van der Waals surface area contributed by atoms with E-state index in [4.69, 9.17) is 19.9 Å². The van der Waals surface area contributed by atoms with Crippen LogP contribution in [0.4, 0.5) is 0 Å². The minimum absolute atomic E-state index is 0.163. The fourth-order valence-electron chi connectivity index (χ4n) is 4.65. The first kappa shape index (κ1) is 26.4. The molecule has 192 valence electrons. The summed E-state index contributed by atoms with van der Waals surface area (Å²) >= 11 is 0. The van der Waals surface area contributed by atoms with Gasteiger partial charge in [-0.25, -0.2) is 0 Å². The number of nitrogens with zero attached hydrogens (tertiary/aromatic N) is 1. The summed E-state index contributed by atoms with van der Waals surface area (Å²) in [5, 5.41) is 0. The summed E-state index contributed by atoms with van der Waals surface area (Å²) in [4.78, 5) is 12.5. The van der Waals surface area contributed by atoms with E-state index in [9.17, 15) is 4.79 Å². The van der Waals surface area contributed by atoms with Crippen molar-refractivity contribution in [2.24, 2.45) is 5.73 Å². The number of hydrogen-bond donors (Lipinski definition) is 1. The molecule has 1 unspecified atom stereocenters. The molecular formula is C31H34N2O4. The Morgan fingerprint density at radius 1 is 0.784 bits per heavy atom. The van der Waals surface area contributed by atoms with Gasteiger partial charge in [0.2, 0.25) is 0 Å². The number of ether oxygens (including phenoxy) is 3. The molecule has 6 nitrogen and oxygen atoms in total. The first-order chi connectivity index (χ1) is 18.2. The topological polar surface area (TPSA) is 75.7 Å². The van der Waals surface area contributed by atoms with Crippen molar-refractivity contribution in [3.8, 4) is 0 Å². The lowest BCUT2D eigenvalue weighted by Gasteiger charge is -2.37. The van der Waals surface area contributed by atoms with Crippen molar-refractivity contribution in [2.75, 3.05) is 33.5 Å². The van der Waals surface area contributed by atoms with Gasteiger partial charge in [0, 0.05) is 19.5 Å². The molecule has 4 rings (SSSR count). The molecule has 0 spiro atoms. The third-order valence-electron chi connectivity index (χ3n) is 6.38. The van der Waals surface area contributed by atoms with Crippen LogP contribution in [0.2, 0.25) is 0 Å². The number of aromatic nitrogens is 1. The van der Waals surface area contributed by atoms with Crippen molar-refractivity contribution in [2.45, 2.75) is 18.0 Å². The Bertz CT molecular complexity index is 1130. The molecule has 0 saturated heterocycles. The second-order valence-corrected chi connectivity index (χ2v) is 8.82. The van der Waals surface area contributed by atoms with Gasteiger partial charge in [0.05, 0.1) is 19.8 Å². The van der Waals surface area contributed by atoms with Crippen LogP contribution in [0.3, 0.4) is 0 Å². The van der Waals surface area contributed by atoms with Gasteiger partial charge in [-0.15, -0.1) is 0 Å². The molecule has 0 radical (unpaired) electrons. The van der Waals surface area contributed by atoms with Crippen molar-refractivity contribution in [3.05, 3.63) is 132 Å². The van der Waals surface area contributed by atoms with Crippen LogP contribution in [0.15, 0.2) is 109 Å². The van der Waals surface area contributed by atoms with Crippen LogP contribution in [0.25, 0.3) is 0 Å². The molecule has 3 aromatic carbocycles. The van der Waals surface area contributed by atoms with E-state index in [2.05, 4.69) is 89.8 Å². The normalized spacial score (nSPS) is 12.3. The quantitative estimate of drug-likeness (QED) is 0.168. The summed E-state index contributed by atoms with van der Waals surface area (Å²) in [6.07, 6.45) is 4.50. The van der Waals surface area contributed by atoms with Gasteiger partial charge in [0.15, 0.2) is 0 Å². The highest BCUT2D eigenvalue weighted by atomic mass is 16.6. The summed E-state index contributed by atoms with van der Waals surface area (Å²) < 4.78 is 17.8. The Morgan fingerprint density at radius 3 is 1.81 bits per heavy atom. The Hall–Kier alpha value is -3.71. The maximum atomic E-state index is 12.5. The average Bonchev–Trinajstić information content (AvgIpc) is 3.41. The number of carbonyl (C=O) groups is 1. The molecule has 37 heavy (non-hydrogen) atoms. The fourth-order valence-corrected chi connectivity index (χ4v) is 4.65. The molecule has 4 aromatic rings. The average molecular weight is 499 g/mol. The van der Waals surface area contributed by atoms with E-state index < -0.39 is 17.6 Å². The van der Waals surface area contributed by atoms with E-state index in [0.717, 1.165) is 22.3 Å². The monoisotopic (exact) mass is 498 g/mol. The van der Waals surface area contributed by atoms with Crippen molar-refractivity contribution in [1.82, 2.24) is 4.57 Å². The fraction of sp³-hybridized carbons (Fsp3) is 0.258. The van der Waals surface area contributed by atoms with Gasteiger partial charge in [-0.3, -0.25) is 4.79 Å². The Balaban J connectivity index is 1.61. The highest BCUT2D eigenvalue weighted by Gasteiger charge is 2.38. The largest absolute Gasteiger partial charge is 0.462 e. The predicted molar refractivity (Wildman–Crippen MR) is 144 cm³/mol. The summed E-state index contributed by atoms with van der Waals surface area (Å²) in [5.41, 5.74) is 9.96. The molecule has 1 aromatic heterocycles. The predicted octanol–water partition coefficient (Wildman–Crippen LogP) is 4.40. The number of methoxy groups -OCH3 is 1. The van der Waals surface area contributed by atoms with Crippen molar-refractivity contribution in [1.29, 1.82) is 0 Å². The number of esters is 1. The van der Waals surface area contributed by atoms with Crippen molar-refractivity contribution in [3.63, 3.8) is 0 Å². The molecule has 0 fully saturated rings. The van der Waals surface area contributed by atoms with Gasteiger partial charge in [0.1, 0.15) is 18.2 Å². The molecule has 0 saturated carbocycles. The number of carbonyl (C=O) groups excluding carboxylic acids is 1. The van der Waals surface area contributed by atoms with Crippen LogP contribution in [0, 0.1) is 0 Å². The molecule has 0 aliphatic carbocycles. The van der Waals surface area contributed by atoms with Gasteiger partial charge in [-0.05, 0) is 34.7 Å². The van der Waals surface area contributed by atoms with Crippen LogP contribution in [-0.4, -0.2) is 50.1 Å². The van der Waals surface area contributed by atoms with Gasteiger partial charge in [-0.2, -0.15) is 0 Å². The Kier molecular flexibility index (Phi) is 9.27. The van der Waals surface area contributed by atoms with Crippen LogP contribution in [0.5, 0.6) is 0 Å². The maximum absolute atomic E-state index is 12.5. The Morgan fingerprint density at radius 2 is 1.30 bits per heavy atom. The zero-order valence-electron chi connectivity index (χ0n) is 21.2. The van der Waals surface area contributed by atoms with Crippen molar-refractivity contribution >= 4 is 5.97 Å². The van der Waals surface area contributed by atoms with Gasteiger partial charge >= 0.3 is 5.97 Å². The molecule has 1 atom stereocenters. The zero-order valence-corrected chi connectivity index (χ0v) is 21.2. The minimum atomic E-state index is -0.769. The van der Waals surface area contributed by atoms with Crippen LogP contribution >= 0.6 is 0 Å². The molecule has 0 aliphatic rings. The van der Waals surface area contributed by atoms with E-state index in [-0.39, 0.29) is 6.61 Å². The smallest absolute Gasteiger partial charge is 0.323 e.